The largest absolute Gasteiger partial charge is 0.480 e. The number of carboxylic acids is 4. The second-order valence-electron chi connectivity index (χ2n) is 13.9. The fourth-order valence-electron chi connectivity index (χ4n) is 6.62. The third-order valence-corrected chi connectivity index (χ3v) is 10.5. The summed E-state index contributed by atoms with van der Waals surface area (Å²) in [5.74, 6) is -4.22. The van der Waals surface area contributed by atoms with Crippen LogP contribution in [0, 0.1) is 0 Å². The van der Waals surface area contributed by atoms with E-state index < -0.39 is 48.0 Å². The molecule has 0 unspecified atom stereocenters. The molecule has 14 nitrogen and oxygen atoms in total. The molecule has 0 bridgehead atoms. The first-order chi connectivity index (χ1) is 26.2. The van der Waals surface area contributed by atoms with E-state index in [1.807, 2.05) is 42.5 Å². The van der Waals surface area contributed by atoms with Gasteiger partial charge in [-0.3, -0.25) is 38.8 Å². The lowest BCUT2D eigenvalue weighted by Crippen LogP contribution is -2.56. The van der Waals surface area contributed by atoms with Gasteiger partial charge in [0, 0.05) is 64.1 Å². The second kappa shape index (κ2) is 20.7. The molecule has 1 aliphatic rings. The molecular weight excluding hydrogens is 725 g/mol. The van der Waals surface area contributed by atoms with Crippen molar-refractivity contribution in [2.24, 2.45) is 0 Å². The molecule has 296 valence electrons. The van der Waals surface area contributed by atoms with Gasteiger partial charge >= 0.3 is 23.9 Å². The standard InChI is InChI=1S/C40H52N6O8S/c1-27(37(49)50)43-17-18-44(28(2)38(51)52)20-22-46(26-36(47)48)35(25-45(21-19-43)29(3)39(53)54)23-30-11-15-34(16-12-30)42-40(55)41-24-31-9-13-33(14-10-31)32-7-5-4-6-8-32/h4-16,27-29,35H,17-26H2,1-3H3,(H,47,48)(H,49,50)(H,51,52)(H,53,54)(H2,41,42,55)/t27-,28-,29-,35+/m1/s1. The van der Waals surface area contributed by atoms with Gasteiger partial charge in [-0.1, -0.05) is 66.7 Å². The molecule has 1 aliphatic heterocycles. The molecule has 4 atom stereocenters. The topological polar surface area (TPSA) is 186 Å². The van der Waals surface area contributed by atoms with Crippen LogP contribution in [0.15, 0.2) is 78.9 Å². The van der Waals surface area contributed by atoms with Gasteiger partial charge in [0.25, 0.3) is 0 Å². The third kappa shape index (κ3) is 13.1. The zero-order chi connectivity index (χ0) is 40.1. The number of nitrogens with one attached hydrogen (secondary N) is 2. The Balaban J connectivity index is 1.51. The van der Waals surface area contributed by atoms with Gasteiger partial charge in [0.1, 0.15) is 18.1 Å². The van der Waals surface area contributed by atoms with Gasteiger partial charge in [-0.25, -0.2) is 0 Å². The van der Waals surface area contributed by atoms with Crippen LogP contribution < -0.4 is 10.6 Å². The molecule has 1 heterocycles. The van der Waals surface area contributed by atoms with Crippen molar-refractivity contribution in [3.8, 4) is 11.1 Å². The Bertz CT molecular complexity index is 1750. The van der Waals surface area contributed by atoms with Crippen LogP contribution in [0.2, 0.25) is 0 Å². The number of anilines is 1. The van der Waals surface area contributed by atoms with Crippen LogP contribution in [0.4, 0.5) is 5.69 Å². The summed E-state index contributed by atoms with van der Waals surface area (Å²) >= 11 is 5.56. The average molecular weight is 777 g/mol. The molecule has 0 amide bonds. The second-order valence-corrected chi connectivity index (χ2v) is 14.3. The summed E-state index contributed by atoms with van der Waals surface area (Å²) in [6.07, 6.45) is 0.363. The minimum Gasteiger partial charge on any atom is -0.480 e. The van der Waals surface area contributed by atoms with E-state index >= 15 is 0 Å². The smallest absolute Gasteiger partial charge is 0.320 e. The summed E-state index contributed by atoms with van der Waals surface area (Å²) in [7, 11) is 0. The zero-order valence-corrected chi connectivity index (χ0v) is 32.3. The number of hydrogen-bond donors (Lipinski definition) is 6. The number of thiocarbonyl (C=S) groups is 1. The van der Waals surface area contributed by atoms with Crippen molar-refractivity contribution in [3.63, 3.8) is 0 Å². The van der Waals surface area contributed by atoms with Crippen molar-refractivity contribution >= 4 is 46.9 Å². The first-order valence-corrected chi connectivity index (χ1v) is 18.8. The number of rotatable bonds is 14. The number of aliphatic carboxylic acids is 4. The average Bonchev–Trinajstić information content (AvgIpc) is 3.16. The summed E-state index contributed by atoms with van der Waals surface area (Å²) in [6.45, 7) is 6.26. The summed E-state index contributed by atoms with van der Waals surface area (Å²) < 4.78 is 0. The lowest BCUT2D eigenvalue weighted by molar-refractivity contribution is -0.146. The maximum absolute atomic E-state index is 12.3. The molecule has 0 aromatic heterocycles. The molecule has 0 saturated carbocycles. The Morgan fingerprint density at radius 1 is 0.655 bits per heavy atom. The molecule has 55 heavy (non-hydrogen) atoms. The Hall–Kier alpha value is -4.93. The minimum absolute atomic E-state index is 0.171. The Morgan fingerprint density at radius 2 is 1.13 bits per heavy atom. The molecule has 3 aromatic carbocycles. The molecule has 3 aromatic rings. The molecule has 0 spiro atoms. The monoisotopic (exact) mass is 776 g/mol. The van der Waals surface area contributed by atoms with Crippen molar-refractivity contribution in [2.45, 2.75) is 57.9 Å². The normalized spacial score (nSPS) is 18.5. The van der Waals surface area contributed by atoms with E-state index in [-0.39, 0.29) is 52.4 Å². The van der Waals surface area contributed by atoms with Gasteiger partial charge in [-0.2, -0.15) is 0 Å². The SMILES string of the molecule is C[C@H](C(=O)O)N1CCN(CC(=O)O)[C@@H](Cc2ccc(NC(=S)NCc3ccc(-c4ccccc4)cc3)cc2)CN([C@H](C)C(=O)O)CCN([C@H](C)C(=O)O)CC1. The maximum atomic E-state index is 12.3. The van der Waals surface area contributed by atoms with E-state index in [0.717, 1.165) is 27.9 Å². The van der Waals surface area contributed by atoms with E-state index in [1.165, 1.54) is 0 Å². The highest BCUT2D eigenvalue weighted by atomic mass is 32.1. The number of carbonyl (C=O) groups is 4. The van der Waals surface area contributed by atoms with Gasteiger partial charge < -0.3 is 31.1 Å². The van der Waals surface area contributed by atoms with Gasteiger partial charge in [0.2, 0.25) is 0 Å². The molecule has 1 saturated heterocycles. The molecule has 1 fully saturated rings. The quantitative estimate of drug-likeness (QED) is 0.131. The number of hydrogen-bond acceptors (Lipinski definition) is 9. The van der Waals surface area contributed by atoms with E-state index in [1.54, 1.807) is 40.4 Å². The van der Waals surface area contributed by atoms with Crippen molar-refractivity contribution < 1.29 is 39.6 Å². The fraction of sp³-hybridized carbons (Fsp3) is 0.425. The van der Waals surface area contributed by atoms with Crippen LogP contribution in [-0.4, -0.2) is 146 Å². The maximum Gasteiger partial charge on any atom is 0.320 e. The lowest BCUT2D eigenvalue weighted by Gasteiger charge is -2.40. The highest BCUT2D eigenvalue weighted by Crippen LogP contribution is 2.20. The van der Waals surface area contributed by atoms with Crippen LogP contribution in [0.25, 0.3) is 11.1 Å². The number of carboxylic acid groups (broad SMARTS) is 4. The molecule has 15 heteroatoms. The molecule has 4 rings (SSSR count). The number of benzene rings is 3. The summed E-state index contributed by atoms with van der Waals surface area (Å²) in [4.78, 5) is 55.5. The Labute approximate surface area is 327 Å². The molecule has 0 aliphatic carbocycles. The van der Waals surface area contributed by atoms with Crippen LogP contribution in [0.1, 0.15) is 31.9 Å². The van der Waals surface area contributed by atoms with E-state index in [2.05, 4.69) is 47.0 Å². The lowest BCUT2D eigenvalue weighted by atomic mass is 10.0. The Kier molecular flexibility index (Phi) is 16.1. The van der Waals surface area contributed by atoms with Crippen LogP contribution in [0.5, 0.6) is 0 Å². The van der Waals surface area contributed by atoms with E-state index in [9.17, 15) is 39.6 Å². The molecule has 6 N–H and O–H groups in total. The highest BCUT2D eigenvalue weighted by molar-refractivity contribution is 7.80. The van der Waals surface area contributed by atoms with Crippen molar-refractivity contribution in [3.05, 3.63) is 90.0 Å². The molecule has 0 radical (unpaired) electrons. The van der Waals surface area contributed by atoms with Gasteiger partial charge in [-0.05, 0) is 73.8 Å². The van der Waals surface area contributed by atoms with Crippen LogP contribution in [-0.2, 0) is 32.1 Å². The summed E-state index contributed by atoms with van der Waals surface area (Å²) in [5.41, 5.74) is 4.96. The predicted molar refractivity (Wildman–Crippen MR) is 214 cm³/mol. The summed E-state index contributed by atoms with van der Waals surface area (Å²) in [5, 5.41) is 46.6. The van der Waals surface area contributed by atoms with Gasteiger partial charge in [-0.15, -0.1) is 0 Å². The first kappa shape index (κ1) is 42.8. The van der Waals surface area contributed by atoms with Crippen molar-refractivity contribution in [1.29, 1.82) is 0 Å². The van der Waals surface area contributed by atoms with Crippen molar-refractivity contribution in [1.82, 2.24) is 24.9 Å². The first-order valence-electron chi connectivity index (χ1n) is 18.4. The fourth-order valence-corrected chi connectivity index (χ4v) is 6.81. The minimum atomic E-state index is -1.07. The van der Waals surface area contributed by atoms with E-state index in [4.69, 9.17) is 12.2 Å². The van der Waals surface area contributed by atoms with Crippen LogP contribution >= 0.6 is 12.2 Å². The number of nitrogens with zero attached hydrogens (tertiary/aromatic N) is 4. The van der Waals surface area contributed by atoms with Crippen LogP contribution in [0.3, 0.4) is 0 Å². The summed E-state index contributed by atoms with van der Waals surface area (Å²) in [6, 6.07) is 22.7. The van der Waals surface area contributed by atoms with Gasteiger partial charge in [0.15, 0.2) is 5.11 Å². The van der Waals surface area contributed by atoms with Crippen molar-refractivity contribution in [2.75, 3.05) is 57.7 Å². The highest BCUT2D eigenvalue weighted by Gasteiger charge is 2.32. The Morgan fingerprint density at radius 3 is 1.65 bits per heavy atom. The predicted octanol–water partition coefficient (Wildman–Crippen LogP) is 3.48. The van der Waals surface area contributed by atoms with E-state index in [0.29, 0.717) is 18.1 Å². The molecular formula is C40H52N6O8S. The zero-order valence-electron chi connectivity index (χ0n) is 31.5. The third-order valence-electron chi connectivity index (χ3n) is 10.2. The van der Waals surface area contributed by atoms with Gasteiger partial charge in [0.05, 0.1) is 6.54 Å².